The molecule has 4 heteroatoms. The van der Waals surface area contributed by atoms with Crippen LogP contribution < -0.4 is 0 Å². The molecule has 0 saturated carbocycles. The topological polar surface area (TPSA) is 35.6 Å². The first kappa shape index (κ1) is 25.6. The molecule has 1 aliphatic carbocycles. The van der Waals surface area contributed by atoms with E-state index in [9.17, 15) is 0 Å². The largest absolute Gasteiger partial charge is 0.309 e. The highest BCUT2D eigenvalue weighted by atomic mass is 15.1. The highest BCUT2D eigenvalue weighted by Crippen LogP contribution is 2.46. The smallest absolute Gasteiger partial charge is 0.138 e. The van der Waals surface area contributed by atoms with Crippen molar-refractivity contribution in [3.8, 4) is 45.0 Å². The van der Waals surface area contributed by atoms with Crippen molar-refractivity contribution < 1.29 is 0 Å². The first-order valence-electron chi connectivity index (χ1n) is 16.3. The molecule has 0 unspecified atom stereocenters. The van der Waals surface area contributed by atoms with Crippen molar-refractivity contribution >= 4 is 54.5 Å². The van der Waals surface area contributed by atoms with E-state index in [2.05, 4.69) is 166 Å². The average molecular weight is 611 g/mol. The van der Waals surface area contributed by atoms with E-state index >= 15 is 0 Å². The lowest BCUT2D eigenvalue weighted by atomic mass is 10.0. The summed E-state index contributed by atoms with van der Waals surface area (Å²) in [6, 6.07) is 54.6. The van der Waals surface area contributed by atoms with Crippen molar-refractivity contribution in [2.45, 2.75) is 0 Å². The molecule has 4 aromatic heterocycles. The third-order valence-corrected chi connectivity index (χ3v) is 10.1. The van der Waals surface area contributed by atoms with Gasteiger partial charge in [0.2, 0.25) is 0 Å². The zero-order valence-corrected chi connectivity index (χ0v) is 25.8. The van der Waals surface area contributed by atoms with E-state index in [4.69, 9.17) is 4.98 Å². The molecule has 0 N–H and O–H groups in total. The highest BCUT2D eigenvalue weighted by Gasteiger charge is 2.24. The van der Waals surface area contributed by atoms with E-state index < -0.39 is 0 Å². The normalized spacial score (nSPS) is 12.2. The van der Waals surface area contributed by atoms with Crippen LogP contribution in [0.5, 0.6) is 0 Å². The van der Waals surface area contributed by atoms with Gasteiger partial charge in [-0.05, 0) is 89.5 Å². The molecular formula is C44H26N4. The lowest BCUT2D eigenvalue weighted by molar-refractivity contribution is 1.09. The van der Waals surface area contributed by atoms with Crippen molar-refractivity contribution in [2.75, 3.05) is 0 Å². The molecule has 4 heterocycles. The molecule has 0 radical (unpaired) electrons. The summed E-state index contributed by atoms with van der Waals surface area (Å²) in [5, 5.41) is 6.13. The van der Waals surface area contributed by atoms with E-state index in [1.54, 1.807) is 0 Å². The van der Waals surface area contributed by atoms with Gasteiger partial charge in [-0.2, -0.15) is 0 Å². The van der Waals surface area contributed by atoms with Gasteiger partial charge in [-0.1, -0.05) is 78.9 Å². The Morgan fingerprint density at radius 2 is 1.06 bits per heavy atom. The maximum Gasteiger partial charge on any atom is 0.138 e. The zero-order chi connectivity index (χ0) is 31.3. The fraction of sp³-hybridized carbons (Fsp3) is 0. The third-order valence-electron chi connectivity index (χ3n) is 10.1. The van der Waals surface area contributed by atoms with E-state index in [0.717, 1.165) is 33.6 Å². The van der Waals surface area contributed by atoms with Gasteiger partial charge in [-0.3, -0.25) is 9.55 Å². The monoisotopic (exact) mass is 610 g/mol. The van der Waals surface area contributed by atoms with E-state index in [1.807, 2.05) is 6.20 Å². The second-order valence-electron chi connectivity index (χ2n) is 12.6. The van der Waals surface area contributed by atoms with Gasteiger partial charge < -0.3 is 4.57 Å². The van der Waals surface area contributed by atoms with Gasteiger partial charge in [0.25, 0.3) is 0 Å². The molecule has 0 spiro atoms. The van der Waals surface area contributed by atoms with Crippen LogP contribution in [-0.2, 0) is 0 Å². The molecule has 222 valence electrons. The van der Waals surface area contributed by atoms with Crippen LogP contribution in [0.1, 0.15) is 0 Å². The van der Waals surface area contributed by atoms with Gasteiger partial charge in [0, 0.05) is 49.9 Å². The van der Waals surface area contributed by atoms with Crippen molar-refractivity contribution in [1.82, 2.24) is 19.1 Å². The molecule has 6 aromatic carbocycles. The molecule has 0 aliphatic heterocycles. The van der Waals surface area contributed by atoms with Gasteiger partial charge in [-0.15, -0.1) is 0 Å². The summed E-state index contributed by atoms with van der Waals surface area (Å²) in [5.74, 6) is 0.917. The number of benzene rings is 6. The summed E-state index contributed by atoms with van der Waals surface area (Å²) >= 11 is 0. The average Bonchev–Trinajstić information content (AvgIpc) is 3.78. The SMILES string of the molecule is c1ccc(-n2c3ccccc3c3cc(-c4ccc5c(c4)c4ccccc4n5-c4ccc5c(n4)-c4ccnc6cccc-5c46)ccc32)cc1. The number of fused-ring (bicyclic) bond motifs is 9. The Labute approximate surface area is 275 Å². The maximum atomic E-state index is 5.34. The van der Waals surface area contributed by atoms with Crippen LogP contribution in [0.2, 0.25) is 0 Å². The van der Waals surface area contributed by atoms with Crippen molar-refractivity contribution in [3.63, 3.8) is 0 Å². The lowest BCUT2D eigenvalue weighted by Gasteiger charge is -2.10. The van der Waals surface area contributed by atoms with Gasteiger partial charge in [0.1, 0.15) is 5.82 Å². The second-order valence-corrected chi connectivity index (χ2v) is 12.6. The fourth-order valence-corrected chi connectivity index (χ4v) is 8.03. The number of aromatic nitrogens is 4. The molecule has 48 heavy (non-hydrogen) atoms. The number of pyridine rings is 2. The molecule has 10 aromatic rings. The molecule has 0 saturated heterocycles. The molecule has 1 aliphatic rings. The number of hydrogen-bond acceptors (Lipinski definition) is 2. The lowest BCUT2D eigenvalue weighted by Crippen LogP contribution is -1.98. The Bertz CT molecular complexity index is 2940. The summed E-state index contributed by atoms with van der Waals surface area (Å²) in [5.41, 5.74) is 13.8. The fourth-order valence-electron chi connectivity index (χ4n) is 8.03. The number of para-hydroxylation sites is 3. The summed E-state index contributed by atoms with van der Waals surface area (Å²) in [6.07, 6.45) is 1.89. The van der Waals surface area contributed by atoms with Crippen LogP contribution >= 0.6 is 0 Å². The molecule has 4 nitrogen and oxygen atoms in total. The van der Waals surface area contributed by atoms with E-state index in [0.29, 0.717) is 0 Å². The van der Waals surface area contributed by atoms with Crippen molar-refractivity contribution in [2.24, 2.45) is 0 Å². The van der Waals surface area contributed by atoms with Gasteiger partial charge >= 0.3 is 0 Å². The van der Waals surface area contributed by atoms with Crippen LogP contribution in [0, 0.1) is 0 Å². The standard InChI is InChI=1S/C44H26N4/c1-2-9-29(10-3-1)47-38-15-6-4-11-30(38)35-25-27(17-20-40(35)47)28-18-21-41-36(26-28)31-12-5-7-16-39(31)48(41)42-22-19-33-32-13-8-14-37-43(32)34(23-24-45-37)44(33)46-42/h1-26H. The molecular weight excluding hydrogens is 585 g/mol. The van der Waals surface area contributed by atoms with Crippen LogP contribution in [-0.4, -0.2) is 19.1 Å². The Hall–Kier alpha value is -6.52. The molecule has 11 rings (SSSR count). The van der Waals surface area contributed by atoms with Crippen LogP contribution in [0.4, 0.5) is 0 Å². The number of nitrogens with zero attached hydrogens (tertiary/aromatic N) is 4. The Morgan fingerprint density at radius 3 is 1.81 bits per heavy atom. The summed E-state index contributed by atoms with van der Waals surface area (Å²) in [7, 11) is 0. The molecule has 0 bridgehead atoms. The van der Waals surface area contributed by atoms with Gasteiger partial charge in [0.05, 0.1) is 33.3 Å². The van der Waals surface area contributed by atoms with Gasteiger partial charge in [0.15, 0.2) is 0 Å². The third kappa shape index (κ3) is 3.43. The summed E-state index contributed by atoms with van der Waals surface area (Å²) in [6.45, 7) is 0. The van der Waals surface area contributed by atoms with Crippen LogP contribution in [0.25, 0.3) is 99.5 Å². The van der Waals surface area contributed by atoms with Gasteiger partial charge in [-0.25, -0.2) is 4.98 Å². The molecule has 0 fully saturated rings. The quantitative estimate of drug-likeness (QED) is 0.199. The first-order chi connectivity index (χ1) is 23.8. The molecule has 0 atom stereocenters. The minimum Gasteiger partial charge on any atom is -0.309 e. The highest BCUT2D eigenvalue weighted by molar-refractivity contribution is 6.14. The number of hydrogen-bond donors (Lipinski definition) is 0. The van der Waals surface area contributed by atoms with E-state index in [-0.39, 0.29) is 0 Å². The second kappa shape index (κ2) is 9.50. The minimum absolute atomic E-state index is 0.917. The first-order valence-corrected chi connectivity index (χ1v) is 16.3. The predicted octanol–water partition coefficient (Wildman–Crippen LogP) is 11.1. The summed E-state index contributed by atoms with van der Waals surface area (Å²) < 4.78 is 4.68. The predicted molar refractivity (Wildman–Crippen MR) is 198 cm³/mol. The number of rotatable bonds is 3. The summed E-state index contributed by atoms with van der Waals surface area (Å²) in [4.78, 5) is 9.97. The van der Waals surface area contributed by atoms with Crippen molar-refractivity contribution in [3.05, 3.63) is 158 Å². The Morgan fingerprint density at radius 1 is 0.417 bits per heavy atom. The molecule has 0 amide bonds. The maximum absolute atomic E-state index is 5.34. The van der Waals surface area contributed by atoms with Crippen molar-refractivity contribution in [1.29, 1.82) is 0 Å². The Kier molecular flexibility index (Phi) is 5.08. The van der Waals surface area contributed by atoms with E-state index in [1.165, 1.54) is 65.9 Å². The minimum atomic E-state index is 0.917. The zero-order valence-electron chi connectivity index (χ0n) is 25.8. The Balaban J connectivity index is 1.10. The van der Waals surface area contributed by atoms with Crippen LogP contribution in [0.3, 0.4) is 0 Å². The van der Waals surface area contributed by atoms with Crippen LogP contribution in [0.15, 0.2) is 158 Å².